The topological polar surface area (TPSA) is 41.6 Å². The van der Waals surface area contributed by atoms with Crippen molar-refractivity contribution in [3.8, 4) is 0 Å². The van der Waals surface area contributed by atoms with Gasteiger partial charge in [0.2, 0.25) is 0 Å². The number of anilines is 1. The van der Waals surface area contributed by atoms with Gasteiger partial charge in [-0.1, -0.05) is 19.1 Å². The molecule has 1 aliphatic heterocycles. The van der Waals surface area contributed by atoms with Gasteiger partial charge in [0.15, 0.2) is 0 Å². The third-order valence-corrected chi connectivity index (χ3v) is 5.75. The van der Waals surface area contributed by atoms with Gasteiger partial charge in [-0.2, -0.15) is 0 Å². The van der Waals surface area contributed by atoms with Crippen LogP contribution in [0.4, 0.5) is 5.69 Å². The zero-order chi connectivity index (χ0) is 17.6. The third kappa shape index (κ3) is 4.91. The van der Waals surface area contributed by atoms with Crippen molar-refractivity contribution in [1.29, 1.82) is 0 Å². The van der Waals surface area contributed by atoms with Crippen molar-refractivity contribution in [2.24, 2.45) is 0 Å². The number of aryl methyl sites for hydroxylation is 2. The molecule has 1 aliphatic rings. The average molecular weight is 359 g/mol. The van der Waals surface area contributed by atoms with Gasteiger partial charge in [-0.05, 0) is 49.1 Å². The molecule has 1 fully saturated rings. The molecule has 0 radical (unpaired) electrons. The van der Waals surface area contributed by atoms with Crippen LogP contribution >= 0.6 is 11.3 Å². The largest absolute Gasteiger partial charge is 0.379 e. The van der Waals surface area contributed by atoms with Crippen molar-refractivity contribution in [2.75, 3.05) is 38.2 Å². The average Bonchev–Trinajstić information content (AvgIpc) is 3.03. The monoisotopic (exact) mass is 358 g/mol. The number of morpholine rings is 1. The van der Waals surface area contributed by atoms with E-state index in [4.69, 9.17) is 4.74 Å². The Morgan fingerprint density at radius 1 is 1.24 bits per heavy atom. The minimum atomic E-state index is -0.0196. The summed E-state index contributed by atoms with van der Waals surface area (Å²) >= 11 is 1.57. The molecular formula is C20H26N2O2S. The number of rotatable bonds is 6. The molecule has 3 rings (SSSR count). The number of amides is 1. The summed E-state index contributed by atoms with van der Waals surface area (Å²) in [6, 6.07) is 10.2. The predicted octanol–water partition coefficient (Wildman–Crippen LogP) is 3.75. The number of nitrogens with one attached hydrogen (secondary N) is 1. The molecule has 5 heteroatoms. The second-order valence-corrected chi connectivity index (χ2v) is 7.66. The lowest BCUT2D eigenvalue weighted by Gasteiger charge is -2.26. The number of benzene rings is 1. The van der Waals surface area contributed by atoms with Crippen LogP contribution in [-0.2, 0) is 17.6 Å². The minimum Gasteiger partial charge on any atom is -0.379 e. The summed E-state index contributed by atoms with van der Waals surface area (Å²) < 4.78 is 5.38. The number of nitrogens with zero attached hydrogens (tertiary/aromatic N) is 1. The zero-order valence-electron chi connectivity index (χ0n) is 15.0. The SMILES string of the molecule is CCc1cc(C(=O)Nc2ccc(CCN3CCOCC3)cc2)sc1C. The van der Waals surface area contributed by atoms with Gasteiger partial charge in [-0.15, -0.1) is 11.3 Å². The van der Waals surface area contributed by atoms with E-state index in [2.05, 4.69) is 36.2 Å². The van der Waals surface area contributed by atoms with Gasteiger partial charge >= 0.3 is 0 Å². The second-order valence-electron chi connectivity index (χ2n) is 6.40. The molecule has 0 bridgehead atoms. The van der Waals surface area contributed by atoms with Gasteiger partial charge in [0.1, 0.15) is 0 Å². The highest BCUT2D eigenvalue weighted by Gasteiger charge is 2.12. The van der Waals surface area contributed by atoms with E-state index in [1.54, 1.807) is 11.3 Å². The van der Waals surface area contributed by atoms with Gasteiger partial charge in [-0.25, -0.2) is 0 Å². The first-order chi connectivity index (χ1) is 12.2. The highest BCUT2D eigenvalue weighted by atomic mass is 32.1. The van der Waals surface area contributed by atoms with E-state index in [1.807, 2.05) is 18.2 Å². The van der Waals surface area contributed by atoms with Crippen molar-refractivity contribution < 1.29 is 9.53 Å². The van der Waals surface area contributed by atoms with Crippen LogP contribution in [0.3, 0.4) is 0 Å². The summed E-state index contributed by atoms with van der Waals surface area (Å²) in [5.74, 6) is -0.0196. The molecule has 0 aliphatic carbocycles. The normalized spacial score (nSPS) is 15.3. The van der Waals surface area contributed by atoms with E-state index in [0.29, 0.717) is 0 Å². The maximum absolute atomic E-state index is 12.4. The Morgan fingerprint density at radius 3 is 2.60 bits per heavy atom. The summed E-state index contributed by atoms with van der Waals surface area (Å²) in [5, 5.41) is 3.00. The molecule has 1 saturated heterocycles. The summed E-state index contributed by atoms with van der Waals surface area (Å²) in [5.41, 5.74) is 3.41. The number of carbonyl (C=O) groups is 1. The molecule has 1 aromatic heterocycles. The third-order valence-electron chi connectivity index (χ3n) is 4.66. The van der Waals surface area contributed by atoms with Crippen molar-refractivity contribution in [1.82, 2.24) is 4.90 Å². The number of thiophene rings is 1. The molecule has 0 spiro atoms. The molecule has 25 heavy (non-hydrogen) atoms. The van der Waals surface area contributed by atoms with Crippen LogP contribution in [0.15, 0.2) is 30.3 Å². The minimum absolute atomic E-state index is 0.0196. The smallest absolute Gasteiger partial charge is 0.265 e. The molecule has 2 heterocycles. The molecule has 2 aromatic rings. The number of hydrogen-bond donors (Lipinski definition) is 1. The van der Waals surface area contributed by atoms with Crippen molar-refractivity contribution in [2.45, 2.75) is 26.7 Å². The molecule has 0 atom stereocenters. The van der Waals surface area contributed by atoms with Crippen molar-refractivity contribution >= 4 is 22.9 Å². The van der Waals surface area contributed by atoms with E-state index >= 15 is 0 Å². The first kappa shape index (κ1) is 18.1. The van der Waals surface area contributed by atoms with Crippen LogP contribution in [0.5, 0.6) is 0 Å². The van der Waals surface area contributed by atoms with Crippen LogP contribution in [0.2, 0.25) is 0 Å². The number of carbonyl (C=O) groups excluding carboxylic acids is 1. The first-order valence-electron chi connectivity index (χ1n) is 8.95. The Morgan fingerprint density at radius 2 is 1.96 bits per heavy atom. The molecule has 134 valence electrons. The molecule has 1 aromatic carbocycles. The summed E-state index contributed by atoms with van der Waals surface area (Å²) in [6.07, 6.45) is 1.99. The fourth-order valence-electron chi connectivity index (χ4n) is 3.04. The van der Waals surface area contributed by atoms with Crippen LogP contribution in [0.1, 0.15) is 32.6 Å². The Labute approximate surface area is 153 Å². The quantitative estimate of drug-likeness (QED) is 0.855. The number of hydrogen-bond acceptors (Lipinski definition) is 4. The lowest BCUT2D eigenvalue weighted by atomic mass is 10.1. The van der Waals surface area contributed by atoms with E-state index in [0.717, 1.165) is 56.3 Å². The summed E-state index contributed by atoms with van der Waals surface area (Å²) in [7, 11) is 0. The van der Waals surface area contributed by atoms with Crippen LogP contribution in [0, 0.1) is 6.92 Å². The Kier molecular flexibility index (Phi) is 6.24. The Hall–Kier alpha value is -1.69. The van der Waals surface area contributed by atoms with Gasteiger partial charge in [0.25, 0.3) is 5.91 Å². The predicted molar refractivity (Wildman–Crippen MR) is 104 cm³/mol. The van der Waals surface area contributed by atoms with Gasteiger partial charge in [0.05, 0.1) is 18.1 Å². The molecule has 0 saturated carbocycles. The van der Waals surface area contributed by atoms with Crippen LogP contribution in [-0.4, -0.2) is 43.7 Å². The van der Waals surface area contributed by atoms with E-state index in [-0.39, 0.29) is 5.91 Å². The highest BCUT2D eigenvalue weighted by Crippen LogP contribution is 2.23. The Balaban J connectivity index is 1.53. The van der Waals surface area contributed by atoms with E-state index < -0.39 is 0 Å². The maximum Gasteiger partial charge on any atom is 0.265 e. The van der Waals surface area contributed by atoms with Gasteiger partial charge in [-0.3, -0.25) is 9.69 Å². The highest BCUT2D eigenvalue weighted by molar-refractivity contribution is 7.14. The fourth-order valence-corrected chi connectivity index (χ4v) is 4.05. The van der Waals surface area contributed by atoms with Gasteiger partial charge < -0.3 is 10.1 Å². The van der Waals surface area contributed by atoms with Gasteiger partial charge in [0, 0.05) is 30.2 Å². The molecule has 0 unspecified atom stereocenters. The maximum atomic E-state index is 12.4. The van der Waals surface area contributed by atoms with E-state index in [1.165, 1.54) is 16.0 Å². The lowest BCUT2D eigenvalue weighted by Crippen LogP contribution is -2.37. The summed E-state index contributed by atoms with van der Waals surface area (Å²) in [4.78, 5) is 16.8. The lowest BCUT2D eigenvalue weighted by molar-refractivity contribution is 0.0384. The molecule has 1 amide bonds. The van der Waals surface area contributed by atoms with Crippen molar-refractivity contribution in [3.63, 3.8) is 0 Å². The number of ether oxygens (including phenoxy) is 1. The Bertz CT molecular complexity index is 703. The second kappa shape index (κ2) is 8.61. The zero-order valence-corrected chi connectivity index (χ0v) is 15.8. The van der Waals surface area contributed by atoms with Crippen LogP contribution < -0.4 is 5.32 Å². The molecular weight excluding hydrogens is 332 g/mol. The molecule has 1 N–H and O–H groups in total. The first-order valence-corrected chi connectivity index (χ1v) is 9.77. The van der Waals surface area contributed by atoms with Crippen molar-refractivity contribution in [3.05, 3.63) is 51.2 Å². The van der Waals surface area contributed by atoms with Crippen LogP contribution in [0.25, 0.3) is 0 Å². The summed E-state index contributed by atoms with van der Waals surface area (Å²) in [6.45, 7) is 8.97. The molecule has 4 nitrogen and oxygen atoms in total. The van der Waals surface area contributed by atoms with E-state index in [9.17, 15) is 4.79 Å². The standard InChI is InChI=1S/C20H26N2O2S/c1-3-17-14-19(25-15(17)2)20(23)21-18-6-4-16(5-7-18)8-9-22-10-12-24-13-11-22/h4-7,14H,3,8-13H2,1-2H3,(H,21,23). The fraction of sp³-hybridized carbons (Fsp3) is 0.450.